The average Bonchev–Trinajstić information content (AvgIpc) is 3.15. The maximum atomic E-state index is 12.7. The number of carbonyl (C=O) groups excluding carboxylic acids is 1. The van der Waals surface area contributed by atoms with Crippen molar-refractivity contribution in [1.82, 2.24) is 4.90 Å². The molecule has 0 aliphatic heterocycles. The standard InChI is InChI=1S/C17H27NO3S/c1-18(15(19)17(3-4-17)22(2,20)21)11-16-8-12-5-13(9-16)7-14(6-12)10-16/h12-14H,3-11H2,1-2H3. The molecule has 4 bridgehead atoms. The molecule has 0 spiro atoms. The summed E-state index contributed by atoms with van der Waals surface area (Å²) in [5, 5.41) is 0. The van der Waals surface area contributed by atoms with Crippen molar-refractivity contribution in [2.45, 2.75) is 56.1 Å². The zero-order chi connectivity index (χ0) is 15.8. The fraction of sp³-hybridized carbons (Fsp3) is 0.941. The zero-order valence-electron chi connectivity index (χ0n) is 13.7. The van der Waals surface area contributed by atoms with E-state index in [4.69, 9.17) is 0 Å². The quantitative estimate of drug-likeness (QED) is 0.796. The molecule has 0 unspecified atom stereocenters. The summed E-state index contributed by atoms with van der Waals surface area (Å²) < 4.78 is 22.9. The van der Waals surface area contributed by atoms with Crippen LogP contribution in [0.3, 0.4) is 0 Å². The first kappa shape index (κ1) is 15.0. The number of hydrogen-bond acceptors (Lipinski definition) is 3. The fourth-order valence-electron chi connectivity index (χ4n) is 6.26. The summed E-state index contributed by atoms with van der Waals surface area (Å²) in [4.78, 5) is 14.5. The smallest absolute Gasteiger partial charge is 0.243 e. The molecule has 0 aromatic rings. The predicted molar refractivity (Wildman–Crippen MR) is 85.1 cm³/mol. The van der Waals surface area contributed by atoms with Crippen LogP contribution < -0.4 is 0 Å². The van der Waals surface area contributed by atoms with Gasteiger partial charge in [0.25, 0.3) is 0 Å². The second-order valence-electron chi connectivity index (χ2n) is 8.85. The van der Waals surface area contributed by atoms with Gasteiger partial charge in [-0.05, 0) is 74.5 Å². The van der Waals surface area contributed by atoms with Gasteiger partial charge in [-0.1, -0.05) is 0 Å². The molecular formula is C17H27NO3S. The summed E-state index contributed by atoms with van der Waals surface area (Å²) in [6.45, 7) is 0.770. The third-order valence-electron chi connectivity index (χ3n) is 6.89. The van der Waals surface area contributed by atoms with Crippen LogP contribution in [-0.2, 0) is 14.6 Å². The first-order chi connectivity index (χ1) is 10.2. The highest BCUT2D eigenvalue weighted by Crippen LogP contribution is 2.60. The minimum atomic E-state index is -3.29. The largest absolute Gasteiger partial charge is 0.344 e. The Balaban J connectivity index is 1.51. The summed E-state index contributed by atoms with van der Waals surface area (Å²) in [6, 6.07) is 0. The van der Waals surface area contributed by atoms with Gasteiger partial charge in [0.05, 0.1) is 0 Å². The Kier molecular flexibility index (Phi) is 3.06. The van der Waals surface area contributed by atoms with Gasteiger partial charge in [0, 0.05) is 19.8 Å². The van der Waals surface area contributed by atoms with Crippen LogP contribution in [0.1, 0.15) is 51.4 Å². The molecule has 124 valence electrons. The van der Waals surface area contributed by atoms with Gasteiger partial charge in [0.2, 0.25) is 5.91 Å². The lowest BCUT2D eigenvalue weighted by molar-refractivity contribution is -0.135. The van der Waals surface area contributed by atoms with Crippen LogP contribution in [-0.4, -0.2) is 43.8 Å². The first-order valence-corrected chi connectivity index (χ1v) is 10.6. The van der Waals surface area contributed by atoms with E-state index in [1.54, 1.807) is 4.90 Å². The molecule has 5 rings (SSSR count). The molecule has 5 aliphatic rings. The Morgan fingerprint density at radius 3 is 1.86 bits per heavy atom. The van der Waals surface area contributed by atoms with Crippen LogP contribution in [0, 0.1) is 23.2 Å². The van der Waals surface area contributed by atoms with Crippen LogP contribution in [0.4, 0.5) is 0 Å². The molecule has 0 N–H and O–H groups in total. The first-order valence-electron chi connectivity index (χ1n) is 8.68. The van der Waals surface area contributed by atoms with E-state index < -0.39 is 14.6 Å². The van der Waals surface area contributed by atoms with E-state index in [0.717, 1.165) is 24.3 Å². The molecule has 0 aromatic heterocycles. The van der Waals surface area contributed by atoms with Crippen molar-refractivity contribution in [1.29, 1.82) is 0 Å². The van der Waals surface area contributed by atoms with Crippen LogP contribution in [0.15, 0.2) is 0 Å². The number of amides is 1. The third-order valence-corrected chi connectivity index (χ3v) is 8.89. The van der Waals surface area contributed by atoms with Gasteiger partial charge in [-0.3, -0.25) is 4.79 Å². The Hall–Kier alpha value is -0.580. The average molecular weight is 325 g/mol. The molecule has 5 aliphatic carbocycles. The molecule has 5 heteroatoms. The summed E-state index contributed by atoms with van der Waals surface area (Å²) >= 11 is 0. The molecular weight excluding hydrogens is 298 g/mol. The van der Waals surface area contributed by atoms with Crippen molar-refractivity contribution in [2.75, 3.05) is 19.8 Å². The number of carbonyl (C=O) groups is 1. The summed E-state index contributed by atoms with van der Waals surface area (Å²) in [7, 11) is -1.47. The zero-order valence-corrected chi connectivity index (χ0v) is 14.5. The van der Waals surface area contributed by atoms with E-state index in [2.05, 4.69) is 0 Å². The highest BCUT2D eigenvalue weighted by atomic mass is 32.2. The highest BCUT2D eigenvalue weighted by molar-refractivity contribution is 7.93. The maximum absolute atomic E-state index is 12.7. The van der Waals surface area contributed by atoms with Crippen molar-refractivity contribution >= 4 is 15.7 Å². The van der Waals surface area contributed by atoms with E-state index >= 15 is 0 Å². The van der Waals surface area contributed by atoms with Gasteiger partial charge in [0.1, 0.15) is 0 Å². The number of hydrogen-bond donors (Lipinski definition) is 0. The number of sulfone groups is 1. The Bertz CT molecular complexity index is 570. The topological polar surface area (TPSA) is 54.5 Å². The van der Waals surface area contributed by atoms with Crippen LogP contribution in [0.5, 0.6) is 0 Å². The van der Waals surface area contributed by atoms with E-state index in [9.17, 15) is 13.2 Å². The Morgan fingerprint density at radius 2 is 1.50 bits per heavy atom. The fourth-order valence-corrected chi connectivity index (χ4v) is 7.58. The van der Waals surface area contributed by atoms with E-state index in [0.29, 0.717) is 12.8 Å². The van der Waals surface area contributed by atoms with Gasteiger partial charge in [-0.15, -0.1) is 0 Å². The summed E-state index contributed by atoms with van der Waals surface area (Å²) in [5.41, 5.74) is 0.284. The molecule has 1 amide bonds. The van der Waals surface area contributed by atoms with Crippen molar-refractivity contribution < 1.29 is 13.2 Å². The monoisotopic (exact) mass is 325 g/mol. The molecule has 0 atom stereocenters. The minimum Gasteiger partial charge on any atom is -0.344 e. The molecule has 0 aromatic carbocycles. The van der Waals surface area contributed by atoms with Gasteiger partial charge in [-0.25, -0.2) is 8.42 Å². The van der Waals surface area contributed by atoms with Crippen LogP contribution >= 0.6 is 0 Å². The van der Waals surface area contributed by atoms with Crippen LogP contribution in [0.2, 0.25) is 0 Å². The number of nitrogens with zero attached hydrogens (tertiary/aromatic N) is 1. The van der Waals surface area contributed by atoms with Crippen molar-refractivity contribution in [3.8, 4) is 0 Å². The van der Waals surface area contributed by atoms with Gasteiger partial charge < -0.3 is 4.90 Å². The minimum absolute atomic E-state index is 0.147. The molecule has 4 nitrogen and oxygen atoms in total. The maximum Gasteiger partial charge on any atom is 0.243 e. The molecule has 0 radical (unpaired) electrons. The normalized spacial score (nSPS) is 41.5. The van der Waals surface area contributed by atoms with E-state index in [1.807, 2.05) is 7.05 Å². The lowest BCUT2D eigenvalue weighted by atomic mass is 9.49. The van der Waals surface area contributed by atoms with Gasteiger partial charge in [-0.2, -0.15) is 0 Å². The molecule has 0 saturated heterocycles. The molecule has 22 heavy (non-hydrogen) atoms. The summed E-state index contributed by atoms with van der Waals surface area (Å²) in [5.74, 6) is 2.43. The molecule has 5 saturated carbocycles. The summed E-state index contributed by atoms with van der Waals surface area (Å²) in [6.07, 6.45) is 10.2. The third kappa shape index (κ3) is 2.15. The van der Waals surface area contributed by atoms with E-state index in [-0.39, 0.29) is 11.3 Å². The number of rotatable bonds is 4. The Labute approximate surface area is 133 Å². The van der Waals surface area contributed by atoms with Crippen LogP contribution in [0.25, 0.3) is 0 Å². The lowest BCUT2D eigenvalue weighted by Crippen LogP contribution is -2.53. The van der Waals surface area contributed by atoms with Crippen molar-refractivity contribution in [2.24, 2.45) is 23.2 Å². The van der Waals surface area contributed by atoms with Crippen molar-refractivity contribution in [3.63, 3.8) is 0 Å². The second kappa shape index (κ2) is 4.49. The van der Waals surface area contributed by atoms with Gasteiger partial charge >= 0.3 is 0 Å². The SMILES string of the molecule is CN(CC12CC3CC(CC(C3)C1)C2)C(=O)C1(S(C)(=O)=O)CC1. The molecule has 5 fully saturated rings. The van der Waals surface area contributed by atoms with Crippen molar-refractivity contribution in [3.05, 3.63) is 0 Å². The van der Waals surface area contributed by atoms with Gasteiger partial charge in [0.15, 0.2) is 14.6 Å². The Morgan fingerprint density at radius 1 is 1.05 bits per heavy atom. The van der Waals surface area contributed by atoms with E-state index in [1.165, 1.54) is 44.8 Å². The lowest BCUT2D eigenvalue weighted by Gasteiger charge is -2.57. The molecule has 0 heterocycles. The predicted octanol–water partition coefficient (Wildman–Crippen LogP) is 2.24. The second-order valence-corrected chi connectivity index (χ2v) is 11.2. The highest BCUT2D eigenvalue weighted by Gasteiger charge is 2.60.